The van der Waals surface area contributed by atoms with Crippen molar-refractivity contribution >= 4 is 31.2 Å². The Labute approximate surface area is 122 Å². The lowest BCUT2D eigenvalue weighted by molar-refractivity contribution is 0.282. The molecule has 1 atom stereocenters. The average Bonchev–Trinajstić information content (AvgIpc) is 2.90. The summed E-state index contributed by atoms with van der Waals surface area (Å²) in [7, 11) is -6.72. The molecule has 2 heterocycles. The lowest BCUT2D eigenvalue weighted by Crippen LogP contribution is -2.30. The molecule has 1 aliphatic rings. The molecule has 1 saturated heterocycles. The van der Waals surface area contributed by atoms with Crippen molar-refractivity contribution in [1.82, 2.24) is 4.72 Å². The van der Waals surface area contributed by atoms with Crippen LogP contribution in [0.2, 0.25) is 0 Å². The number of thiophene rings is 1. The van der Waals surface area contributed by atoms with Gasteiger partial charge in [0.1, 0.15) is 4.90 Å². The summed E-state index contributed by atoms with van der Waals surface area (Å²) in [5.74, 6) is -0.0182. The number of aliphatic hydroxyl groups excluding tert-OH is 1. The quantitative estimate of drug-likeness (QED) is 0.801. The Balaban J connectivity index is 2.10. The summed E-state index contributed by atoms with van der Waals surface area (Å²) in [6, 6.07) is 0. The smallest absolute Gasteiger partial charge is 0.242 e. The number of rotatable bonds is 5. The Hall–Kier alpha value is -0.480. The van der Waals surface area contributed by atoms with Gasteiger partial charge >= 0.3 is 0 Å². The van der Waals surface area contributed by atoms with E-state index in [1.165, 1.54) is 11.3 Å². The van der Waals surface area contributed by atoms with Gasteiger partial charge in [0.05, 0.1) is 23.0 Å². The van der Waals surface area contributed by atoms with Crippen LogP contribution in [0.5, 0.6) is 0 Å². The summed E-state index contributed by atoms with van der Waals surface area (Å²) >= 11 is 1.20. The number of sulfonamides is 1. The fraction of sp³-hybridized carbons (Fsp3) is 0.636. The van der Waals surface area contributed by atoms with Gasteiger partial charge in [-0.15, -0.1) is 11.3 Å². The van der Waals surface area contributed by atoms with E-state index < -0.39 is 19.9 Å². The number of hydrogen-bond donors (Lipinski definition) is 2. The van der Waals surface area contributed by atoms with E-state index in [4.69, 9.17) is 0 Å². The van der Waals surface area contributed by atoms with Gasteiger partial charge in [-0.3, -0.25) is 0 Å². The van der Waals surface area contributed by atoms with Crippen LogP contribution in [0.15, 0.2) is 10.3 Å². The number of sulfone groups is 1. The fourth-order valence-electron chi connectivity index (χ4n) is 2.29. The molecule has 114 valence electrons. The first kappa shape index (κ1) is 15.9. The van der Waals surface area contributed by atoms with Crippen LogP contribution in [0.1, 0.15) is 16.9 Å². The van der Waals surface area contributed by atoms with Gasteiger partial charge in [-0.1, -0.05) is 0 Å². The zero-order chi connectivity index (χ0) is 15.0. The predicted molar refractivity (Wildman–Crippen MR) is 76.9 cm³/mol. The Morgan fingerprint density at radius 1 is 1.50 bits per heavy atom. The molecule has 2 N–H and O–H groups in total. The SMILES string of the molecule is Cc1csc(CO)c1S(=O)(=O)NCC1CCS(=O)(=O)C1. The molecule has 0 amide bonds. The summed E-state index contributed by atoms with van der Waals surface area (Å²) < 4.78 is 49.6. The van der Waals surface area contributed by atoms with E-state index in [9.17, 15) is 21.9 Å². The van der Waals surface area contributed by atoms with Gasteiger partial charge < -0.3 is 5.11 Å². The standard InChI is InChI=1S/C11H17NO5S3/c1-8-6-18-10(5-13)11(8)20(16,17)12-4-9-2-3-19(14,15)7-9/h6,9,12-13H,2-5,7H2,1H3. The highest BCUT2D eigenvalue weighted by atomic mass is 32.2. The van der Waals surface area contributed by atoms with E-state index in [1.807, 2.05) is 0 Å². The minimum Gasteiger partial charge on any atom is -0.391 e. The zero-order valence-corrected chi connectivity index (χ0v) is 13.4. The van der Waals surface area contributed by atoms with E-state index in [-0.39, 0.29) is 35.5 Å². The molecule has 1 unspecified atom stereocenters. The summed E-state index contributed by atoms with van der Waals surface area (Å²) in [5, 5.41) is 10.9. The first-order valence-corrected chi connectivity index (χ1v) is 10.3. The molecule has 1 aromatic rings. The topological polar surface area (TPSA) is 101 Å². The van der Waals surface area contributed by atoms with Crippen molar-refractivity contribution in [3.05, 3.63) is 15.8 Å². The third-order valence-electron chi connectivity index (χ3n) is 3.29. The highest BCUT2D eigenvalue weighted by Crippen LogP contribution is 2.27. The summed E-state index contributed by atoms with van der Waals surface area (Å²) in [4.78, 5) is 0.514. The molecule has 9 heteroatoms. The van der Waals surface area contributed by atoms with Crippen molar-refractivity contribution in [1.29, 1.82) is 0 Å². The Bertz CT molecular complexity index is 690. The van der Waals surface area contributed by atoms with Crippen LogP contribution in [0, 0.1) is 12.8 Å². The number of hydrogen-bond acceptors (Lipinski definition) is 6. The largest absolute Gasteiger partial charge is 0.391 e. The van der Waals surface area contributed by atoms with E-state index in [0.717, 1.165) is 0 Å². The zero-order valence-electron chi connectivity index (χ0n) is 11.0. The maximum Gasteiger partial charge on any atom is 0.242 e. The lowest BCUT2D eigenvalue weighted by Gasteiger charge is -2.11. The van der Waals surface area contributed by atoms with Crippen LogP contribution in [0.25, 0.3) is 0 Å². The molecule has 2 rings (SSSR count). The first-order chi connectivity index (χ1) is 9.25. The first-order valence-electron chi connectivity index (χ1n) is 6.13. The molecule has 0 aromatic carbocycles. The molecule has 1 aromatic heterocycles. The number of nitrogens with one attached hydrogen (secondary N) is 1. The van der Waals surface area contributed by atoms with Crippen molar-refractivity contribution in [2.75, 3.05) is 18.1 Å². The molecule has 1 aliphatic heterocycles. The minimum absolute atomic E-state index is 0.0327. The Kier molecular flexibility index (Phi) is 4.55. The fourth-order valence-corrected chi connectivity index (χ4v) is 6.93. The summed E-state index contributed by atoms with van der Waals surface area (Å²) in [6.45, 7) is 1.46. The van der Waals surface area contributed by atoms with Crippen molar-refractivity contribution in [2.45, 2.75) is 24.8 Å². The second kappa shape index (κ2) is 5.72. The van der Waals surface area contributed by atoms with Gasteiger partial charge in [-0.2, -0.15) is 0 Å². The van der Waals surface area contributed by atoms with Gasteiger partial charge in [0, 0.05) is 6.54 Å². The lowest BCUT2D eigenvalue weighted by atomic mass is 10.1. The van der Waals surface area contributed by atoms with Crippen LogP contribution >= 0.6 is 11.3 Å². The van der Waals surface area contributed by atoms with Crippen molar-refractivity contribution in [3.8, 4) is 0 Å². The molecule has 0 spiro atoms. The van der Waals surface area contributed by atoms with Crippen molar-refractivity contribution in [3.63, 3.8) is 0 Å². The molecular formula is C11H17NO5S3. The molecule has 6 nitrogen and oxygen atoms in total. The molecule has 20 heavy (non-hydrogen) atoms. The third-order valence-corrected chi connectivity index (χ3v) is 8.00. The van der Waals surface area contributed by atoms with E-state index in [1.54, 1.807) is 12.3 Å². The van der Waals surface area contributed by atoms with Crippen LogP contribution in [0.3, 0.4) is 0 Å². The molecule has 1 fully saturated rings. The van der Waals surface area contributed by atoms with E-state index >= 15 is 0 Å². The highest BCUT2D eigenvalue weighted by molar-refractivity contribution is 7.91. The van der Waals surface area contributed by atoms with Crippen LogP contribution < -0.4 is 4.72 Å². The van der Waals surface area contributed by atoms with Gasteiger partial charge in [-0.05, 0) is 30.2 Å². The van der Waals surface area contributed by atoms with Crippen molar-refractivity contribution < 1.29 is 21.9 Å². The monoisotopic (exact) mass is 339 g/mol. The predicted octanol–water partition coefficient (Wildman–Crippen LogP) is 0.262. The van der Waals surface area contributed by atoms with Crippen LogP contribution in [-0.2, 0) is 26.5 Å². The Morgan fingerprint density at radius 3 is 2.75 bits per heavy atom. The number of aliphatic hydroxyl groups is 1. The molecule has 0 aliphatic carbocycles. The van der Waals surface area contributed by atoms with Crippen LogP contribution in [0.4, 0.5) is 0 Å². The van der Waals surface area contributed by atoms with E-state index in [0.29, 0.717) is 16.9 Å². The van der Waals surface area contributed by atoms with Gasteiger partial charge in [0.15, 0.2) is 9.84 Å². The van der Waals surface area contributed by atoms with Crippen molar-refractivity contribution in [2.24, 2.45) is 5.92 Å². The minimum atomic E-state index is -3.71. The third kappa shape index (κ3) is 3.40. The molecule has 0 radical (unpaired) electrons. The maximum atomic E-state index is 12.2. The van der Waals surface area contributed by atoms with Gasteiger partial charge in [0.25, 0.3) is 0 Å². The Morgan fingerprint density at radius 2 is 2.20 bits per heavy atom. The normalized spacial score (nSPS) is 22.2. The summed E-state index contributed by atoms with van der Waals surface area (Å²) in [5.41, 5.74) is 0.589. The maximum absolute atomic E-state index is 12.2. The van der Waals surface area contributed by atoms with E-state index in [2.05, 4.69) is 4.72 Å². The van der Waals surface area contributed by atoms with Crippen LogP contribution in [-0.4, -0.2) is 40.0 Å². The summed E-state index contributed by atoms with van der Waals surface area (Å²) in [6.07, 6.45) is 0.486. The highest BCUT2D eigenvalue weighted by Gasteiger charge is 2.30. The molecular weight excluding hydrogens is 322 g/mol. The van der Waals surface area contributed by atoms with Gasteiger partial charge in [0.2, 0.25) is 10.0 Å². The average molecular weight is 339 g/mol. The molecule has 0 bridgehead atoms. The van der Waals surface area contributed by atoms with Gasteiger partial charge in [-0.25, -0.2) is 21.6 Å². The number of aryl methyl sites for hydroxylation is 1. The molecule has 0 saturated carbocycles. The second-order valence-electron chi connectivity index (χ2n) is 4.95. The second-order valence-corrected chi connectivity index (χ2v) is 9.85.